The number of rotatable bonds is 4. The smallest absolute Gasteiger partial charge is 0.253 e. The minimum Gasteiger partial charge on any atom is -0.352 e. The maximum absolute atomic E-state index is 12.1. The van der Waals surface area contributed by atoms with Gasteiger partial charge in [0.15, 0.2) is 0 Å². The predicted molar refractivity (Wildman–Crippen MR) is 72.8 cm³/mol. The summed E-state index contributed by atoms with van der Waals surface area (Å²) in [6.45, 7) is 0.714. The first-order chi connectivity index (χ1) is 9.24. The van der Waals surface area contributed by atoms with Crippen molar-refractivity contribution >= 4 is 11.4 Å². The Morgan fingerprint density at radius 1 is 1.47 bits per heavy atom. The molecule has 0 aliphatic heterocycles. The van der Waals surface area contributed by atoms with Crippen molar-refractivity contribution in [1.29, 1.82) is 0 Å². The molecular weight excluding hydrogens is 240 g/mol. The van der Waals surface area contributed by atoms with Crippen molar-refractivity contribution in [2.24, 2.45) is 11.7 Å². The highest BCUT2D eigenvalue weighted by molar-refractivity contribution is 6.00. The molecule has 1 saturated carbocycles. The number of hydrogen-bond acceptors (Lipinski definition) is 3. The van der Waals surface area contributed by atoms with Gasteiger partial charge in [-0.2, -0.15) is 5.10 Å². The number of carbonyl (C=O) groups is 1. The standard InChI is InChI=1S/C14H18N4O/c15-11-8-10(9-11)3-5-16-14(19)12-2-1-7-18-13(12)4-6-17-18/h1-2,4,6-7,10-11H,3,5,8-9,15H2,(H,16,19). The van der Waals surface area contributed by atoms with Crippen molar-refractivity contribution in [2.75, 3.05) is 6.54 Å². The van der Waals surface area contributed by atoms with Gasteiger partial charge < -0.3 is 11.1 Å². The van der Waals surface area contributed by atoms with Crippen LogP contribution < -0.4 is 11.1 Å². The van der Waals surface area contributed by atoms with Gasteiger partial charge in [-0.1, -0.05) is 0 Å². The number of nitrogens with one attached hydrogen (secondary N) is 1. The van der Waals surface area contributed by atoms with Crippen LogP contribution in [-0.2, 0) is 0 Å². The Hall–Kier alpha value is -1.88. The molecule has 1 fully saturated rings. The number of fused-ring (bicyclic) bond motifs is 1. The maximum Gasteiger partial charge on any atom is 0.253 e. The molecule has 5 nitrogen and oxygen atoms in total. The van der Waals surface area contributed by atoms with Crippen molar-refractivity contribution < 1.29 is 4.79 Å². The van der Waals surface area contributed by atoms with Gasteiger partial charge in [0, 0.05) is 18.8 Å². The maximum atomic E-state index is 12.1. The van der Waals surface area contributed by atoms with E-state index < -0.39 is 0 Å². The lowest BCUT2D eigenvalue weighted by Crippen LogP contribution is -2.38. The molecule has 0 radical (unpaired) electrons. The van der Waals surface area contributed by atoms with E-state index in [9.17, 15) is 4.79 Å². The Labute approximate surface area is 111 Å². The Kier molecular flexibility index (Phi) is 3.21. The predicted octanol–water partition coefficient (Wildman–Crippen LogP) is 1.19. The van der Waals surface area contributed by atoms with Crippen LogP contribution in [0.15, 0.2) is 30.6 Å². The Bertz CT molecular complexity index is 586. The van der Waals surface area contributed by atoms with Gasteiger partial charge in [0.25, 0.3) is 5.91 Å². The molecular formula is C14H18N4O. The minimum atomic E-state index is -0.0327. The third-order valence-electron chi connectivity index (χ3n) is 3.79. The average Bonchev–Trinajstić information content (AvgIpc) is 2.84. The summed E-state index contributed by atoms with van der Waals surface area (Å²) >= 11 is 0. The van der Waals surface area contributed by atoms with Gasteiger partial charge in [-0.15, -0.1) is 0 Å². The molecule has 3 N–H and O–H groups in total. The highest BCUT2D eigenvalue weighted by Gasteiger charge is 2.25. The number of pyridine rings is 1. The number of amides is 1. The van der Waals surface area contributed by atoms with Crippen molar-refractivity contribution in [3.63, 3.8) is 0 Å². The second-order valence-electron chi connectivity index (χ2n) is 5.22. The highest BCUT2D eigenvalue weighted by Crippen LogP contribution is 2.28. The quantitative estimate of drug-likeness (QED) is 0.865. The third-order valence-corrected chi connectivity index (χ3v) is 3.79. The van der Waals surface area contributed by atoms with Crippen molar-refractivity contribution in [3.8, 4) is 0 Å². The van der Waals surface area contributed by atoms with E-state index >= 15 is 0 Å². The number of carbonyl (C=O) groups excluding carboxylic acids is 1. The van der Waals surface area contributed by atoms with Crippen LogP contribution in [0, 0.1) is 5.92 Å². The summed E-state index contributed by atoms with van der Waals surface area (Å²) in [6.07, 6.45) is 6.73. The van der Waals surface area contributed by atoms with Gasteiger partial charge in [0.1, 0.15) is 0 Å². The van der Waals surface area contributed by atoms with Gasteiger partial charge in [-0.25, -0.2) is 4.52 Å². The molecule has 5 heteroatoms. The monoisotopic (exact) mass is 258 g/mol. The third kappa shape index (κ3) is 2.46. The first kappa shape index (κ1) is 12.2. The van der Waals surface area contributed by atoms with Crippen LogP contribution in [0.25, 0.3) is 5.52 Å². The molecule has 0 atom stereocenters. The Morgan fingerprint density at radius 3 is 3.11 bits per heavy atom. The molecule has 0 saturated heterocycles. The topological polar surface area (TPSA) is 72.4 Å². The van der Waals surface area contributed by atoms with E-state index in [-0.39, 0.29) is 5.91 Å². The lowest BCUT2D eigenvalue weighted by Gasteiger charge is -2.32. The number of aromatic nitrogens is 2. The van der Waals surface area contributed by atoms with Crippen LogP contribution in [-0.4, -0.2) is 28.1 Å². The second kappa shape index (κ2) is 5.01. The molecule has 3 rings (SSSR count). The van der Waals surface area contributed by atoms with Gasteiger partial charge in [0.2, 0.25) is 0 Å². The summed E-state index contributed by atoms with van der Waals surface area (Å²) in [7, 11) is 0. The molecule has 100 valence electrons. The Balaban J connectivity index is 1.59. The second-order valence-corrected chi connectivity index (χ2v) is 5.22. The van der Waals surface area contributed by atoms with Crippen LogP contribution in [0.2, 0.25) is 0 Å². The van der Waals surface area contributed by atoms with Crippen molar-refractivity contribution in [3.05, 3.63) is 36.2 Å². The summed E-state index contributed by atoms with van der Waals surface area (Å²) in [4.78, 5) is 12.1. The van der Waals surface area contributed by atoms with E-state index in [0.717, 1.165) is 24.8 Å². The van der Waals surface area contributed by atoms with Crippen LogP contribution in [0.5, 0.6) is 0 Å². The first-order valence-electron chi connectivity index (χ1n) is 6.70. The fourth-order valence-electron chi connectivity index (χ4n) is 2.65. The molecule has 2 aromatic heterocycles. The highest BCUT2D eigenvalue weighted by atomic mass is 16.1. The lowest BCUT2D eigenvalue weighted by atomic mass is 9.79. The molecule has 2 aromatic rings. The molecule has 1 aliphatic carbocycles. The molecule has 2 heterocycles. The summed E-state index contributed by atoms with van der Waals surface area (Å²) in [5, 5.41) is 7.10. The van der Waals surface area contributed by atoms with E-state index in [2.05, 4.69) is 10.4 Å². The van der Waals surface area contributed by atoms with Crippen molar-refractivity contribution in [1.82, 2.24) is 14.9 Å². The fraction of sp³-hybridized carbons (Fsp3) is 0.429. The zero-order valence-electron chi connectivity index (χ0n) is 10.7. The van der Waals surface area contributed by atoms with Crippen LogP contribution in [0.4, 0.5) is 0 Å². The lowest BCUT2D eigenvalue weighted by molar-refractivity contribution is 0.0949. The summed E-state index contributed by atoms with van der Waals surface area (Å²) in [6, 6.07) is 5.88. The molecule has 0 aromatic carbocycles. The fourth-order valence-corrected chi connectivity index (χ4v) is 2.65. The normalized spacial score (nSPS) is 22.2. The molecule has 1 amide bonds. The summed E-state index contributed by atoms with van der Waals surface area (Å²) in [5.41, 5.74) is 7.25. The van der Waals surface area contributed by atoms with Gasteiger partial charge in [-0.05, 0) is 43.4 Å². The van der Waals surface area contributed by atoms with Crippen LogP contribution in [0.3, 0.4) is 0 Å². The molecule has 0 unspecified atom stereocenters. The van der Waals surface area contributed by atoms with Gasteiger partial charge in [-0.3, -0.25) is 4.79 Å². The molecule has 0 spiro atoms. The van der Waals surface area contributed by atoms with Crippen molar-refractivity contribution in [2.45, 2.75) is 25.3 Å². The summed E-state index contributed by atoms with van der Waals surface area (Å²) in [5.74, 6) is 0.649. The molecule has 1 aliphatic rings. The first-order valence-corrected chi connectivity index (χ1v) is 6.70. The SMILES string of the molecule is NC1CC(CCNC(=O)c2cccn3nccc23)C1. The minimum absolute atomic E-state index is 0.0327. The number of hydrogen-bond donors (Lipinski definition) is 2. The average molecular weight is 258 g/mol. The van der Waals surface area contributed by atoms with Gasteiger partial charge in [0.05, 0.1) is 17.3 Å². The number of nitrogens with two attached hydrogens (primary N) is 1. The number of nitrogens with zero attached hydrogens (tertiary/aromatic N) is 2. The van der Waals surface area contributed by atoms with Gasteiger partial charge >= 0.3 is 0 Å². The van der Waals surface area contributed by atoms with E-state index in [1.807, 2.05) is 24.4 Å². The molecule has 0 bridgehead atoms. The molecule has 19 heavy (non-hydrogen) atoms. The van der Waals surface area contributed by atoms with E-state index in [0.29, 0.717) is 24.1 Å². The van der Waals surface area contributed by atoms with E-state index in [1.54, 1.807) is 10.7 Å². The summed E-state index contributed by atoms with van der Waals surface area (Å²) < 4.78 is 1.71. The Morgan fingerprint density at radius 2 is 2.32 bits per heavy atom. The van der Waals surface area contributed by atoms with E-state index in [4.69, 9.17) is 5.73 Å². The zero-order valence-corrected chi connectivity index (χ0v) is 10.7. The zero-order chi connectivity index (χ0) is 13.2. The van der Waals surface area contributed by atoms with E-state index in [1.165, 1.54) is 0 Å². The van der Waals surface area contributed by atoms with Crippen LogP contribution in [0.1, 0.15) is 29.6 Å². The van der Waals surface area contributed by atoms with Crippen LogP contribution >= 0.6 is 0 Å². The largest absolute Gasteiger partial charge is 0.352 e.